The van der Waals surface area contributed by atoms with Crippen molar-refractivity contribution in [2.24, 2.45) is 0 Å². The van der Waals surface area contributed by atoms with Gasteiger partial charge >= 0.3 is 5.91 Å². The van der Waals surface area contributed by atoms with Crippen molar-refractivity contribution in [2.75, 3.05) is 18.7 Å². The van der Waals surface area contributed by atoms with Gasteiger partial charge < -0.3 is 24.3 Å². The van der Waals surface area contributed by atoms with Gasteiger partial charge in [-0.2, -0.15) is 4.58 Å². The molecule has 40 heavy (non-hydrogen) atoms. The van der Waals surface area contributed by atoms with E-state index in [-0.39, 0.29) is 25.7 Å². The first kappa shape index (κ1) is 26.6. The molecule has 1 N–H and O–H groups in total. The number of para-hydroxylation sites is 1. The molecule has 1 atom stereocenters. The summed E-state index contributed by atoms with van der Waals surface area (Å²) in [6.07, 6.45) is 0.0358. The predicted molar refractivity (Wildman–Crippen MR) is 150 cm³/mol. The molecule has 0 spiro atoms. The van der Waals surface area contributed by atoms with E-state index in [0.717, 1.165) is 11.1 Å². The lowest BCUT2D eigenvalue weighted by atomic mass is 10.1. The number of nitrogens with zero attached hydrogens (tertiary/aromatic N) is 1. The van der Waals surface area contributed by atoms with Gasteiger partial charge in [-0.15, -0.1) is 0 Å². The smallest absolute Gasteiger partial charge is 0.391 e. The van der Waals surface area contributed by atoms with E-state index in [0.29, 0.717) is 35.3 Å². The average Bonchev–Trinajstić information content (AvgIpc) is 3.45. The number of ether oxygens (including phenoxy) is 4. The molecule has 4 aromatic rings. The molecule has 0 bridgehead atoms. The van der Waals surface area contributed by atoms with Crippen molar-refractivity contribution in [2.45, 2.75) is 19.1 Å². The van der Waals surface area contributed by atoms with Crippen molar-refractivity contribution in [3.05, 3.63) is 114 Å². The Morgan fingerprint density at radius 3 is 2.25 bits per heavy atom. The third kappa shape index (κ3) is 6.92. The van der Waals surface area contributed by atoms with Gasteiger partial charge in [0.25, 0.3) is 11.9 Å². The maximum absolute atomic E-state index is 13.4. The van der Waals surface area contributed by atoms with Crippen LogP contribution >= 0.6 is 0 Å². The average molecular weight is 538 g/mol. The summed E-state index contributed by atoms with van der Waals surface area (Å²) >= 11 is 0. The highest BCUT2D eigenvalue weighted by Crippen LogP contribution is 2.32. The van der Waals surface area contributed by atoms with Gasteiger partial charge in [0.05, 0.1) is 13.0 Å². The molecule has 0 aliphatic carbocycles. The molecule has 1 aliphatic rings. The standard InChI is InChI=1S/C32H28N2O6/c1-34(31(35)19-24-12-17-29-30(18-24)39-22-38-29)28(21-37-20-23-8-4-2-5-9-23)32(36)33-25-13-15-27(16-14-25)40-26-10-6-3-7-11-26/h2-18,28H,1,19-22H2/p+1. The monoisotopic (exact) mass is 537 g/mol. The van der Waals surface area contributed by atoms with E-state index in [1.807, 2.05) is 60.7 Å². The van der Waals surface area contributed by atoms with E-state index >= 15 is 0 Å². The molecule has 1 unspecified atom stereocenters. The maximum atomic E-state index is 13.4. The molecule has 8 heteroatoms. The van der Waals surface area contributed by atoms with E-state index in [1.165, 1.54) is 4.58 Å². The number of benzene rings is 4. The summed E-state index contributed by atoms with van der Waals surface area (Å²) in [5.74, 6) is 1.80. The number of amides is 2. The summed E-state index contributed by atoms with van der Waals surface area (Å²) in [4.78, 5) is 26.6. The van der Waals surface area contributed by atoms with Crippen LogP contribution in [-0.4, -0.2) is 42.5 Å². The molecule has 0 saturated carbocycles. The molecule has 2 amide bonds. The number of hydrogen-bond donors (Lipinski definition) is 1. The second-order valence-electron chi connectivity index (χ2n) is 9.17. The Labute approximate surface area is 232 Å². The van der Waals surface area contributed by atoms with Crippen molar-refractivity contribution in [1.82, 2.24) is 0 Å². The number of nitrogens with one attached hydrogen (secondary N) is 1. The van der Waals surface area contributed by atoms with Crippen molar-refractivity contribution >= 4 is 24.2 Å². The molecule has 202 valence electrons. The number of carbonyl (C=O) groups is 2. The number of fused-ring (bicyclic) bond motifs is 1. The van der Waals surface area contributed by atoms with Gasteiger partial charge in [-0.3, -0.25) is 4.79 Å². The Balaban J connectivity index is 1.25. The minimum Gasteiger partial charge on any atom is -0.457 e. The lowest BCUT2D eigenvalue weighted by Gasteiger charge is -2.15. The van der Waals surface area contributed by atoms with Gasteiger partial charge in [-0.05, 0) is 59.7 Å². The van der Waals surface area contributed by atoms with Gasteiger partial charge in [0.1, 0.15) is 24.8 Å². The first-order chi connectivity index (χ1) is 19.5. The van der Waals surface area contributed by atoms with Gasteiger partial charge in [-0.1, -0.05) is 54.6 Å². The van der Waals surface area contributed by atoms with Gasteiger partial charge in [0.2, 0.25) is 6.79 Å². The summed E-state index contributed by atoms with van der Waals surface area (Å²) in [6.45, 7) is 4.33. The van der Waals surface area contributed by atoms with Crippen LogP contribution in [0.1, 0.15) is 11.1 Å². The van der Waals surface area contributed by atoms with Crippen LogP contribution in [0.5, 0.6) is 23.0 Å². The molecular weight excluding hydrogens is 508 g/mol. The zero-order valence-electron chi connectivity index (χ0n) is 21.8. The summed E-state index contributed by atoms with van der Waals surface area (Å²) in [5, 5.41) is 2.87. The van der Waals surface area contributed by atoms with Crippen LogP contribution in [0.3, 0.4) is 0 Å². The highest BCUT2D eigenvalue weighted by atomic mass is 16.7. The quantitative estimate of drug-likeness (QED) is 0.209. The van der Waals surface area contributed by atoms with Gasteiger partial charge in [-0.25, -0.2) is 4.79 Å². The highest BCUT2D eigenvalue weighted by molar-refractivity contribution is 5.95. The molecule has 0 saturated heterocycles. The minimum atomic E-state index is -0.967. The minimum absolute atomic E-state index is 0.0354. The number of anilines is 1. The zero-order valence-corrected chi connectivity index (χ0v) is 21.8. The molecule has 1 heterocycles. The fourth-order valence-electron chi connectivity index (χ4n) is 4.13. The summed E-state index contributed by atoms with van der Waals surface area (Å²) in [5.41, 5.74) is 2.23. The van der Waals surface area contributed by atoms with Gasteiger partial charge in [0.15, 0.2) is 11.5 Å². The van der Waals surface area contributed by atoms with E-state index in [1.54, 1.807) is 42.5 Å². The topological polar surface area (TPSA) is 86.1 Å². The summed E-state index contributed by atoms with van der Waals surface area (Å²) < 4.78 is 23.6. The van der Waals surface area contributed by atoms with Crippen molar-refractivity contribution < 1.29 is 33.1 Å². The molecular formula is C32H29N2O6+. The Kier molecular flexibility index (Phi) is 8.48. The van der Waals surface area contributed by atoms with Gasteiger partial charge in [0, 0.05) is 5.69 Å². The van der Waals surface area contributed by atoms with Crippen LogP contribution in [0.2, 0.25) is 0 Å². The molecule has 8 nitrogen and oxygen atoms in total. The molecule has 0 radical (unpaired) electrons. The van der Waals surface area contributed by atoms with Crippen LogP contribution in [0.4, 0.5) is 5.69 Å². The fraction of sp³-hybridized carbons (Fsp3) is 0.156. The first-order valence-electron chi connectivity index (χ1n) is 12.8. The van der Waals surface area contributed by atoms with E-state index in [2.05, 4.69) is 12.0 Å². The zero-order chi connectivity index (χ0) is 27.7. The largest absolute Gasteiger partial charge is 0.457 e. The Morgan fingerprint density at radius 1 is 0.825 bits per heavy atom. The third-order valence-electron chi connectivity index (χ3n) is 6.28. The fourth-order valence-corrected chi connectivity index (χ4v) is 4.13. The van der Waals surface area contributed by atoms with E-state index in [4.69, 9.17) is 18.9 Å². The predicted octanol–water partition coefficient (Wildman–Crippen LogP) is 5.21. The van der Waals surface area contributed by atoms with Crippen LogP contribution in [0.15, 0.2) is 103 Å². The van der Waals surface area contributed by atoms with Crippen LogP contribution < -0.4 is 19.5 Å². The molecule has 5 rings (SSSR count). The normalized spacial score (nSPS) is 12.4. The molecule has 0 aromatic heterocycles. The van der Waals surface area contributed by atoms with Crippen molar-refractivity contribution in [1.29, 1.82) is 0 Å². The lowest BCUT2D eigenvalue weighted by molar-refractivity contribution is -0.471. The second kappa shape index (κ2) is 12.7. The number of rotatable bonds is 11. The summed E-state index contributed by atoms with van der Waals surface area (Å²) in [7, 11) is 0. The van der Waals surface area contributed by atoms with Crippen LogP contribution in [0.25, 0.3) is 0 Å². The van der Waals surface area contributed by atoms with Crippen molar-refractivity contribution in [3.63, 3.8) is 0 Å². The van der Waals surface area contributed by atoms with Crippen LogP contribution in [0, 0.1) is 0 Å². The number of carbonyl (C=O) groups excluding carboxylic acids is 2. The van der Waals surface area contributed by atoms with Crippen LogP contribution in [-0.2, 0) is 27.4 Å². The Hall–Kier alpha value is -4.95. The molecule has 1 aliphatic heterocycles. The first-order valence-corrected chi connectivity index (χ1v) is 12.8. The Bertz CT molecular complexity index is 1470. The SMILES string of the molecule is C=[N+](C(=O)Cc1ccc2c(c1)OCO2)C(COCc1ccccc1)C(=O)Nc1ccc(Oc2ccccc2)cc1. The Morgan fingerprint density at radius 2 is 1.50 bits per heavy atom. The summed E-state index contributed by atoms with van der Waals surface area (Å²) in [6, 6.07) is 30.4. The van der Waals surface area contributed by atoms with Crippen molar-refractivity contribution in [3.8, 4) is 23.0 Å². The molecule has 4 aromatic carbocycles. The third-order valence-corrected chi connectivity index (χ3v) is 6.28. The second-order valence-corrected chi connectivity index (χ2v) is 9.17. The van der Waals surface area contributed by atoms with E-state index < -0.39 is 11.9 Å². The molecule has 0 fully saturated rings. The lowest BCUT2D eigenvalue weighted by Crippen LogP contribution is -2.44. The highest BCUT2D eigenvalue weighted by Gasteiger charge is 2.34. The number of hydrogen-bond acceptors (Lipinski definition) is 6. The maximum Gasteiger partial charge on any atom is 0.391 e. The van der Waals surface area contributed by atoms with E-state index in [9.17, 15) is 9.59 Å².